The smallest absolute Gasteiger partial charge is 0.221 e. The van der Waals surface area contributed by atoms with E-state index >= 15 is 0 Å². The largest absolute Gasteiger partial charge is 0.359 e. The van der Waals surface area contributed by atoms with Gasteiger partial charge in [0.1, 0.15) is 0 Å². The summed E-state index contributed by atoms with van der Waals surface area (Å²) in [5.74, 6) is 1.35. The molecule has 5 nitrogen and oxygen atoms in total. The zero-order chi connectivity index (χ0) is 11.8. The molecule has 0 spiro atoms. The lowest BCUT2D eigenvalue weighted by molar-refractivity contribution is 0.712. The molecule has 0 saturated heterocycles. The molecule has 0 aromatic carbocycles. The van der Waals surface area contributed by atoms with E-state index in [0.717, 1.165) is 0 Å². The molecule has 3 N–H and O–H groups in total. The van der Waals surface area contributed by atoms with Crippen molar-refractivity contribution in [3.05, 3.63) is 0 Å². The molecule has 0 aliphatic carbocycles. The van der Waals surface area contributed by atoms with Crippen molar-refractivity contribution in [3.8, 4) is 0 Å². The number of rotatable bonds is 2. The van der Waals surface area contributed by atoms with Gasteiger partial charge in [-0.05, 0) is 27.7 Å². The summed E-state index contributed by atoms with van der Waals surface area (Å²) < 4.78 is 0. The minimum Gasteiger partial charge on any atom is -0.359 e. The SMILES string of the molecule is CNC(=N/C(=N/C(C)C)NC(C)C)NC. The second-order valence-electron chi connectivity index (χ2n) is 3.81. The molecule has 15 heavy (non-hydrogen) atoms. The zero-order valence-electron chi connectivity index (χ0n) is 10.5. The number of hydrogen-bond donors (Lipinski definition) is 3. The summed E-state index contributed by atoms with van der Waals surface area (Å²) in [6.07, 6.45) is 0. The molecule has 0 rings (SSSR count). The molecule has 0 saturated carbocycles. The highest BCUT2D eigenvalue weighted by molar-refractivity contribution is 5.94. The van der Waals surface area contributed by atoms with Crippen LogP contribution in [-0.4, -0.2) is 38.1 Å². The topological polar surface area (TPSA) is 60.8 Å². The first-order valence-corrected chi connectivity index (χ1v) is 5.28. The summed E-state index contributed by atoms with van der Waals surface area (Å²) in [4.78, 5) is 8.72. The summed E-state index contributed by atoms with van der Waals surface area (Å²) in [6.45, 7) is 8.17. The molecule has 0 fully saturated rings. The molecular formula is C10H23N5. The average molecular weight is 213 g/mol. The Morgan fingerprint density at radius 1 is 1.00 bits per heavy atom. The van der Waals surface area contributed by atoms with Gasteiger partial charge in [0.15, 0.2) is 5.96 Å². The Morgan fingerprint density at radius 2 is 1.53 bits per heavy atom. The number of nitrogens with zero attached hydrogens (tertiary/aromatic N) is 2. The fraction of sp³-hybridized carbons (Fsp3) is 0.800. The van der Waals surface area contributed by atoms with Gasteiger partial charge in [-0.25, -0.2) is 4.99 Å². The van der Waals surface area contributed by atoms with Crippen molar-refractivity contribution < 1.29 is 0 Å². The van der Waals surface area contributed by atoms with Crippen molar-refractivity contribution >= 4 is 11.9 Å². The van der Waals surface area contributed by atoms with Crippen LogP contribution in [0.1, 0.15) is 27.7 Å². The van der Waals surface area contributed by atoms with Gasteiger partial charge in [-0.15, -0.1) is 0 Å². The normalized spacial score (nSPS) is 11.6. The van der Waals surface area contributed by atoms with Crippen LogP contribution in [0.25, 0.3) is 0 Å². The quantitative estimate of drug-likeness (QED) is 0.463. The summed E-state index contributed by atoms with van der Waals surface area (Å²) in [6, 6.07) is 0.547. The molecular weight excluding hydrogens is 190 g/mol. The molecule has 0 radical (unpaired) electrons. The van der Waals surface area contributed by atoms with Crippen molar-refractivity contribution in [3.63, 3.8) is 0 Å². The highest BCUT2D eigenvalue weighted by Crippen LogP contribution is 1.90. The van der Waals surface area contributed by atoms with Crippen molar-refractivity contribution in [2.45, 2.75) is 39.8 Å². The molecule has 0 aliphatic rings. The Morgan fingerprint density at radius 3 is 1.87 bits per heavy atom. The maximum atomic E-state index is 4.39. The number of guanidine groups is 2. The monoisotopic (exact) mass is 213 g/mol. The van der Waals surface area contributed by atoms with Crippen molar-refractivity contribution in [1.29, 1.82) is 0 Å². The molecule has 0 amide bonds. The lowest BCUT2D eigenvalue weighted by Gasteiger charge is -2.12. The van der Waals surface area contributed by atoms with Crippen LogP contribution in [0, 0.1) is 0 Å². The van der Waals surface area contributed by atoms with Gasteiger partial charge < -0.3 is 16.0 Å². The van der Waals surface area contributed by atoms with E-state index in [-0.39, 0.29) is 6.04 Å². The molecule has 0 heterocycles. The first-order valence-electron chi connectivity index (χ1n) is 5.28. The number of aliphatic imine (C=N–C) groups is 2. The first kappa shape index (κ1) is 13.7. The van der Waals surface area contributed by atoms with Crippen LogP contribution in [0.3, 0.4) is 0 Å². The minimum absolute atomic E-state index is 0.227. The van der Waals surface area contributed by atoms with Crippen molar-refractivity contribution in [2.75, 3.05) is 14.1 Å². The van der Waals surface area contributed by atoms with Gasteiger partial charge in [0.2, 0.25) is 5.96 Å². The predicted molar refractivity (Wildman–Crippen MR) is 66.4 cm³/mol. The van der Waals surface area contributed by atoms with Crippen LogP contribution < -0.4 is 16.0 Å². The van der Waals surface area contributed by atoms with Gasteiger partial charge in [0.05, 0.1) is 0 Å². The van der Waals surface area contributed by atoms with Gasteiger partial charge >= 0.3 is 0 Å². The highest BCUT2D eigenvalue weighted by Gasteiger charge is 2.02. The molecule has 0 bridgehead atoms. The standard InChI is InChI=1S/C10H23N5/c1-7(2)13-10(14-8(3)4)15-9(11-5)12-6/h7-8H,1-6H3,(H3,11,12,13,14,15). The third-order valence-corrected chi connectivity index (χ3v) is 1.49. The van der Waals surface area contributed by atoms with Crippen molar-refractivity contribution in [1.82, 2.24) is 16.0 Å². The minimum atomic E-state index is 0.227. The van der Waals surface area contributed by atoms with E-state index in [0.29, 0.717) is 18.0 Å². The summed E-state index contributed by atoms with van der Waals surface area (Å²) >= 11 is 0. The second kappa shape index (κ2) is 7.09. The van der Waals surface area contributed by atoms with Gasteiger partial charge in [0, 0.05) is 26.2 Å². The maximum Gasteiger partial charge on any atom is 0.221 e. The van der Waals surface area contributed by atoms with Crippen LogP contribution in [0.5, 0.6) is 0 Å². The third-order valence-electron chi connectivity index (χ3n) is 1.49. The average Bonchev–Trinajstić information content (AvgIpc) is 2.11. The Bertz CT molecular complexity index is 224. The number of hydrogen-bond acceptors (Lipinski definition) is 1. The van der Waals surface area contributed by atoms with Crippen molar-refractivity contribution in [2.24, 2.45) is 9.98 Å². The highest BCUT2D eigenvalue weighted by atomic mass is 15.2. The fourth-order valence-electron chi connectivity index (χ4n) is 0.944. The predicted octanol–water partition coefficient (Wildman–Crippen LogP) is 0.544. The van der Waals surface area contributed by atoms with Crippen LogP contribution in [0.4, 0.5) is 0 Å². The molecule has 0 aliphatic heterocycles. The van der Waals surface area contributed by atoms with E-state index in [1.54, 1.807) is 0 Å². The molecule has 5 heteroatoms. The Kier molecular flexibility index (Phi) is 6.49. The summed E-state index contributed by atoms with van der Waals surface area (Å²) in [5.41, 5.74) is 0. The zero-order valence-corrected chi connectivity index (χ0v) is 10.5. The second-order valence-corrected chi connectivity index (χ2v) is 3.81. The molecule has 0 unspecified atom stereocenters. The van der Waals surface area contributed by atoms with E-state index in [4.69, 9.17) is 0 Å². The van der Waals surface area contributed by atoms with Crippen LogP contribution in [0.15, 0.2) is 9.98 Å². The third kappa shape index (κ3) is 6.76. The van der Waals surface area contributed by atoms with Gasteiger partial charge in [0.25, 0.3) is 0 Å². The van der Waals surface area contributed by atoms with Gasteiger partial charge in [-0.1, -0.05) is 0 Å². The van der Waals surface area contributed by atoms with Crippen LogP contribution >= 0.6 is 0 Å². The summed E-state index contributed by atoms with van der Waals surface area (Å²) in [5, 5.41) is 9.09. The van der Waals surface area contributed by atoms with Gasteiger partial charge in [-0.3, -0.25) is 0 Å². The number of nitrogens with one attached hydrogen (secondary N) is 3. The Labute approximate surface area is 92.5 Å². The summed E-state index contributed by atoms with van der Waals surface area (Å²) in [7, 11) is 3.63. The van der Waals surface area contributed by atoms with E-state index in [9.17, 15) is 0 Å². The molecule has 88 valence electrons. The molecule has 0 aromatic rings. The van der Waals surface area contributed by atoms with E-state index in [1.807, 2.05) is 27.9 Å². The molecule has 0 aromatic heterocycles. The fourth-order valence-corrected chi connectivity index (χ4v) is 0.944. The first-order chi connectivity index (χ1) is 6.99. The maximum absolute atomic E-state index is 4.39. The molecule has 0 atom stereocenters. The van der Waals surface area contributed by atoms with E-state index in [2.05, 4.69) is 39.8 Å². The van der Waals surface area contributed by atoms with E-state index < -0.39 is 0 Å². The Balaban J connectivity index is 4.70. The van der Waals surface area contributed by atoms with E-state index in [1.165, 1.54) is 0 Å². The van der Waals surface area contributed by atoms with Gasteiger partial charge in [-0.2, -0.15) is 4.99 Å². The Hall–Kier alpha value is -1.26. The van der Waals surface area contributed by atoms with Crippen LogP contribution in [0.2, 0.25) is 0 Å². The van der Waals surface area contributed by atoms with Crippen LogP contribution in [-0.2, 0) is 0 Å². The lowest BCUT2D eigenvalue weighted by atomic mass is 10.4. The lowest BCUT2D eigenvalue weighted by Crippen LogP contribution is -2.37.